The Kier molecular flexibility index (Phi) is 9.54. The summed E-state index contributed by atoms with van der Waals surface area (Å²) in [7, 11) is 0. The largest absolute Gasteiger partial charge is 0.309 e. The van der Waals surface area contributed by atoms with Crippen LogP contribution in [0.3, 0.4) is 0 Å². The second kappa shape index (κ2) is 16.5. The lowest BCUT2D eigenvalue weighted by Crippen LogP contribution is -1.96. The number of hydrogen-bond donors (Lipinski definition) is 0. The number of rotatable bonds is 8. The molecule has 0 aliphatic carbocycles. The molecule has 0 N–H and O–H groups in total. The first-order valence-corrected chi connectivity index (χ1v) is 23.4. The van der Waals surface area contributed by atoms with Gasteiger partial charge in [-0.25, -0.2) is 0 Å². The van der Waals surface area contributed by atoms with Crippen LogP contribution in [0.1, 0.15) is 0 Å². The Morgan fingerprint density at radius 2 is 0.471 bits per heavy atom. The lowest BCUT2D eigenvalue weighted by atomic mass is 9.83. The van der Waals surface area contributed by atoms with Crippen LogP contribution >= 0.6 is 0 Å². The summed E-state index contributed by atoms with van der Waals surface area (Å²) >= 11 is 0. The fraction of sp³-hybridized carbons (Fsp3) is 0. The van der Waals surface area contributed by atoms with Gasteiger partial charge in [0.2, 0.25) is 0 Å². The molecule has 0 saturated carbocycles. The van der Waals surface area contributed by atoms with E-state index in [0.717, 1.165) is 28.1 Å². The van der Waals surface area contributed by atoms with Crippen molar-refractivity contribution in [3.8, 4) is 78.1 Å². The van der Waals surface area contributed by atoms with Crippen molar-refractivity contribution in [1.29, 1.82) is 0 Å². The molecule has 0 unspecified atom stereocenters. The van der Waals surface area contributed by atoms with Gasteiger partial charge in [-0.3, -0.25) is 0 Å². The van der Waals surface area contributed by atoms with E-state index < -0.39 is 0 Å². The highest BCUT2D eigenvalue weighted by molar-refractivity contribution is 6.10. The molecular formula is C66H44N2. The molecule has 0 radical (unpaired) electrons. The zero-order valence-corrected chi connectivity index (χ0v) is 37.3. The van der Waals surface area contributed by atoms with Gasteiger partial charge < -0.3 is 9.13 Å². The molecule has 13 aromatic rings. The van der Waals surface area contributed by atoms with Crippen LogP contribution in [0.25, 0.3) is 122 Å². The fourth-order valence-electron chi connectivity index (χ4n) is 10.6. The van der Waals surface area contributed by atoms with E-state index in [1.54, 1.807) is 0 Å². The highest BCUT2D eigenvalue weighted by Gasteiger charge is 2.20. The van der Waals surface area contributed by atoms with Gasteiger partial charge in [-0.2, -0.15) is 0 Å². The molecule has 0 saturated heterocycles. The quantitative estimate of drug-likeness (QED) is 0.144. The van der Waals surface area contributed by atoms with Crippen molar-refractivity contribution < 1.29 is 0 Å². The Bertz CT molecular complexity index is 3870. The van der Waals surface area contributed by atoms with Gasteiger partial charge in [0.25, 0.3) is 0 Å². The van der Waals surface area contributed by atoms with Crippen LogP contribution < -0.4 is 0 Å². The third-order valence-corrected chi connectivity index (χ3v) is 13.8. The average Bonchev–Trinajstić information content (AvgIpc) is 3.94. The van der Waals surface area contributed by atoms with Gasteiger partial charge in [-0.1, -0.05) is 200 Å². The van der Waals surface area contributed by atoms with Crippen LogP contribution in [0.15, 0.2) is 267 Å². The molecule has 2 aromatic heterocycles. The number of nitrogens with zero attached hydrogens (tertiary/aromatic N) is 2. The Hall–Kier alpha value is -8.98. The minimum Gasteiger partial charge on any atom is -0.309 e. The Morgan fingerprint density at radius 1 is 0.176 bits per heavy atom. The maximum absolute atomic E-state index is 2.44. The van der Waals surface area contributed by atoms with E-state index in [-0.39, 0.29) is 0 Å². The van der Waals surface area contributed by atoms with E-state index >= 15 is 0 Å². The second-order valence-electron chi connectivity index (χ2n) is 17.6. The average molecular weight is 865 g/mol. The molecule has 0 aliphatic rings. The summed E-state index contributed by atoms with van der Waals surface area (Å²) in [5.41, 5.74) is 21.3. The van der Waals surface area contributed by atoms with E-state index in [2.05, 4.69) is 276 Å². The van der Waals surface area contributed by atoms with E-state index in [0.29, 0.717) is 0 Å². The number of hydrogen-bond acceptors (Lipinski definition) is 0. The summed E-state index contributed by atoms with van der Waals surface area (Å²) in [5, 5.41) is 5.04. The Labute approximate surface area is 395 Å². The number of para-hydroxylation sites is 4. The van der Waals surface area contributed by atoms with Gasteiger partial charge in [-0.05, 0) is 133 Å². The lowest BCUT2D eigenvalue weighted by Gasteiger charge is -2.21. The first-order valence-electron chi connectivity index (χ1n) is 23.4. The highest BCUT2D eigenvalue weighted by Crippen LogP contribution is 2.46. The predicted molar refractivity (Wildman–Crippen MR) is 288 cm³/mol. The molecule has 318 valence electrons. The zero-order chi connectivity index (χ0) is 45.0. The van der Waals surface area contributed by atoms with E-state index in [9.17, 15) is 0 Å². The summed E-state index contributed by atoms with van der Waals surface area (Å²) in [6.45, 7) is 0. The molecule has 2 nitrogen and oxygen atoms in total. The second-order valence-corrected chi connectivity index (χ2v) is 17.6. The number of benzene rings is 11. The summed E-state index contributed by atoms with van der Waals surface area (Å²) in [6.07, 6.45) is 0. The Morgan fingerprint density at radius 3 is 0.882 bits per heavy atom. The molecule has 2 heteroatoms. The molecule has 0 aliphatic heterocycles. The number of fused-ring (bicyclic) bond motifs is 6. The molecule has 11 aromatic carbocycles. The summed E-state index contributed by atoms with van der Waals surface area (Å²) in [5.74, 6) is 0. The van der Waals surface area contributed by atoms with Crippen molar-refractivity contribution in [2.45, 2.75) is 0 Å². The van der Waals surface area contributed by atoms with E-state index in [1.807, 2.05) is 0 Å². The van der Waals surface area contributed by atoms with Crippen LogP contribution in [0.5, 0.6) is 0 Å². The van der Waals surface area contributed by atoms with Crippen molar-refractivity contribution in [3.63, 3.8) is 0 Å². The molecule has 0 amide bonds. The van der Waals surface area contributed by atoms with Gasteiger partial charge >= 0.3 is 0 Å². The van der Waals surface area contributed by atoms with Crippen LogP contribution in [-0.2, 0) is 0 Å². The van der Waals surface area contributed by atoms with Gasteiger partial charge in [0.1, 0.15) is 0 Å². The molecule has 13 rings (SSSR count). The van der Waals surface area contributed by atoms with Crippen LogP contribution in [-0.4, -0.2) is 9.13 Å². The van der Waals surface area contributed by atoms with Crippen molar-refractivity contribution in [2.75, 3.05) is 0 Å². The normalized spacial score (nSPS) is 11.5. The maximum Gasteiger partial charge on any atom is 0.0541 e. The highest BCUT2D eigenvalue weighted by atomic mass is 15.0. The van der Waals surface area contributed by atoms with E-state index in [1.165, 1.54) is 93.7 Å². The van der Waals surface area contributed by atoms with Gasteiger partial charge in [0.15, 0.2) is 0 Å². The van der Waals surface area contributed by atoms with Gasteiger partial charge in [0.05, 0.1) is 22.1 Å². The van der Waals surface area contributed by atoms with Gasteiger partial charge in [-0.15, -0.1) is 0 Å². The van der Waals surface area contributed by atoms with Crippen LogP contribution in [0, 0.1) is 0 Å². The van der Waals surface area contributed by atoms with Crippen molar-refractivity contribution in [1.82, 2.24) is 9.13 Å². The van der Waals surface area contributed by atoms with Crippen molar-refractivity contribution in [2.24, 2.45) is 0 Å². The molecule has 68 heavy (non-hydrogen) atoms. The standard InChI is InChI=1S/C66H44N2/c1-4-18-46(19-5-1)59-43-61(48-22-8-3-9-23-48)62(44-60(59)47-20-6-2-7-21-47)53-41-36-50(45-32-37-51(38-33-45)67-63-28-14-10-24-54(63)55-25-11-15-29-64(55)67)42-58(53)49-34-39-52(40-35-49)68-65-30-16-12-26-56(65)57-27-13-17-31-66(57)68/h1-44H. The van der Waals surface area contributed by atoms with Crippen molar-refractivity contribution >= 4 is 43.6 Å². The monoisotopic (exact) mass is 864 g/mol. The minimum absolute atomic E-state index is 1.13. The van der Waals surface area contributed by atoms with Crippen LogP contribution in [0.4, 0.5) is 0 Å². The molecule has 2 heterocycles. The summed E-state index contributed by atoms with van der Waals surface area (Å²) < 4.78 is 4.78. The fourth-order valence-corrected chi connectivity index (χ4v) is 10.6. The van der Waals surface area contributed by atoms with Crippen molar-refractivity contribution in [3.05, 3.63) is 267 Å². The maximum atomic E-state index is 2.44. The van der Waals surface area contributed by atoms with Gasteiger partial charge in [0, 0.05) is 32.9 Å². The smallest absolute Gasteiger partial charge is 0.0541 e. The predicted octanol–water partition coefficient (Wildman–Crippen LogP) is 17.9. The summed E-state index contributed by atoms with van der Waals surface area (Å²) in [4.78, 5) is 0. The zero-order valence-electron chi connectivity index (χ0n) is 37.3. The topological polar surface area (TPSA) is 9.86 Å². The summed E-state index contributed by atoms with van der Waals surface area (Å²) in [6, 6.07) is 97.6. The first-order chi connectivity index (χ1) is 33.7. The van der Waals surface area contributed by atoms with E-state index in [4.69, 9.17) is 0 Å². The third-order valence-electron chi connectivity index (χ3n) is 13.8. The molecule has 0 bridgehead atoms. The SMILES string of the molecule is c1ccc(-c2cc(-c3ccccc3)c(-c3ccc(-c4ccc(-n5c6ccccc6c6ccccc65)cc4)cc3-c3ccc(-n4c5ccccc5c5ccccc54)cc3)cc2-c2ccccc2)cc1. The molecule has 0 spiro atoms. The Balaban J connectivity index is 1.02. The minimum atomic E-state index is 1.13. The first kappa shape index (κ1) is 39.4. The number of aromatic nitrogens is 2. The molecule has 0 fully saturated rings. The lowest BCUT2D eigenvalue weighted by molar-refractivity contribution is 1.18. The van der Waals surface area contributed by atoms with Crippen LogP contribution in [0.2, 0.25) is 0 Å². The molecular weight excluding hydrogens is 821 g/mol. The molecule has 0 atom stereocenters. The third kappa shape index (κ3) is 6.65.